The molecule has 3 aliphatic rings. The van der Waals surface area contributed by atoms with E-state index < -0.39 is 11.6 Å². The Morgan fingerprint density at radius 3 is 2.57 bits per heavy atom. The van der Waals surface area contributed by atoms with Crippen molar-refractivity contribution < 1.29 is 14.3 Å². The molecule has 0 spiro atoms. The van der Waals surface area contributed by atoms with Gasteiger partial charge in [-0.05, 0) is 44.4 Å². The topological polar surface area (TPSA) is 58.6 Å². The van der Waals surface area contributed by atoms with E-state index >= 15 is 0 Å². The molecular weight excluding hydrogens is 268 g/mol. The Labute approximate surface area is 126 Å². The minimum absolute atomic E-state index is 0.0151. The van der Waals surface area contributed by atoms with Gasteiger partial charge < -0.3 is 15.0 Å². The van der Waals surface area contributed by atoms with Gasteiger partial charge in [-0.2, -0.15) is 0 Å². The van der Waals surface area contributed by atoms with Gasteiger partial charge in [-0.3, -0.25) is 9.59 Å². The summed E-state index contributed by atoms with van der Waals surface area (Å²) in [6, 6.07) is -0.397. The van der Waals surface area contributed by atoms with Crippen LogP contribution >= 0.6 is 0 Å². The minimum atomic E-state index is -0.686. The van der Waals surface area contributed by atoms with Crippen molar-refractivity contribution in [3.8, 4) is 0 Å². The molecule has 0 aromatic heterocycles. The highest BCUT2D eigenvalue weighted by molar-refractivity contribution is 6.00. The summed E-state index contributed by atoms with van der Waals surface area (Å²) >= 11 is 0. The van der Waals surface area contributed by atoms with E-state index in [9.17, 15) is 9.59 Å². The number of amides is 2. The largest absolute Gasteiger partial charge is 0.376 e. The number of hydrogen-bond acceptors (Lipinski definition) is 3. The van der Waals surface area contributed by atoms with Crippen molar-refractivity contribution in [3.05, 3.63) is 0 Å². The number of nitrogens with zero attached hydrogens (tertiary/aromatic N) is 1. The molecule has 2 heterocycles. The van der Waals surface area contributed by atoms with Crippen LogP contribution in [0.15, 0.2) is 0 Å². The summed E-state index contributed by atoms with van der Waals surface area (Å²) in [5.74, 6) is 0.490. The third kappa shape index (κ3) is 2.45. The first-order valence-electron chi connectivity index (χ1n) is 8.18. The average molecular weight is 294 g/mol. The maximum atomic E-state index is 12.9. The number of rotatable bonds is 4. The second-order valence-electron chi connectivity index (χ2n) is 7.20. The van der Waals surface area contributed by atoms with Gasteiger partial charge >= 0.3 is 0 Å². The molecule has 1 N–H and O–H groups in total. The first-order chi connectivity index (χ1) is 9.94. The summed E-state index contributed by atoms with van der Waals surface area (Å²) in [5.41, 5.74) is -0.686. The van der Waals surface area contributed by atoms with Crippen LogP contribution in [0.3, 0.4) is 0 Å². The molecule has 2 saturated heterocycles. The van der Waals surface area contributed by atoms with Crippen molar-refractivity contribution in [1.29, 1.82) is 0 Å². The van der Waals surface area contributed by atoms with Gasteiger partial charge in [0.05, 0.1) is 6.10 Å². The van der Waals surface area contributed by atoms with Gasteiger partial charge in [0.1, 0.15) is 11.6 Å². The van der Waals surface area contributed by atoms with E-state index in [1.165, 1.54) is 0 Å². The number of hydrogen-bond donors (Lipinski definition) is 1. The summed E-state index contributed by atoms with van der Waals surface area (Å²) < 4.78 is 5.70. The molecule has 5 heteroatoms. The van der Waals surface area contributed by atoms with Crippen LogP contribution in [0.2, 0.25) is 0 Å². The maximum Gasteiger partial charge on any atom is 0.246 e. The molecule has 3 rings (SSSR count). The molecule has 5 nitrogen and oxygen atoms in total. The average Bonchev–Trinajstić information content (AvgIpc) is 3.17. The zero-order valence-corrected chi connectivity index (χ0v) is 13.2. The SMILES string of the molecule is CC(C)C1NC(=O)C(C)(C2CC2)N(CC2CCCO2)C1=O. The molecule has 0 radical (unpaired) electrons. The zero-order valence-electron chi connectivity index (χ0n) is 13.2. The molecule has 3 fully saturated rings. The molecule has 1 aliphatic carbocycles. The highest BCUT2D eigenvalue weighted by Gasteiger charge is 2.57. The Morgan fingerprint density at radius 1 is 1.33 bits per heavy atom. The lowest BCUT2D eigenvalue weighted by Gasteiger charge is -2.48. The lowest BCUT2D eigenvalue weighted by atomic mass is 9.85. The predicted molar refractivity (Wildman–Crippen MR) is 78.6 cm³/mol. The lowest BCUT2D eigenvalue weighted by Crippen LogP contribution is -2.72. The maximum absolute atomic E-state index is 12.9. The van der Waals surface area contributed by atoms with E-state index in [4.69, 9.17) is 4.74 Å². The molecule has 0 bridgehead atoms. The fourth-order valence-electron chi connectivity index (χ4n) is 3.64. The van der Waals surface area contributed by atoms with Crippen molar-refractivity contribution >= 4 is 11.8 Å². The van der Waals surface area contributed by atoms with Crippen LogP contribution in [0, 0.1) is 11.8 Å². The summed E-state index contributed by atoms with van der Waals surface area (Å²) in [5, 5.41) is 2.96. The number of piperazine rings is 1. The number of carbonyl (C=O) groups excluding carboxylic acids is 2. The Kier molecular flexibility index (Phi) is 3.72. The van der Waals surface area contributed by atoms with Crippen molar-refractivity contribution in [1.82, 2.24) is 10.2 Å². The summed E-state index contributed by atoms with van der Waals surface area (Å²) in [4.78, 5) is 27.4. The van der Waals surface area contributed by atoms with Crippen molar-refractivity contribution in [2.75, 3.05) is 13.2 Å². The number of nitrogens with one attached hydrogen (secondary N) is 1. The van der Waals surface area contributed by atoms with Gasteiger partial charge in [0.25, 0.3) is 0 Å². The normalized spacial score (nSPS) is 37.2. The van der Waals surface area contributed by atoms with E-state index in [1.54, 1.807) is 0 Å². The summed E-state index contributed by atoms with van der Waals surface area (Å²) in [7, 11) is 0. The molecular formula is C16H26N2O3. The molecule has 2 amide bonds. The van der Waals surface area contributed by atoms with Crippen LogP contribution in [-0.2, 0) is 14.3 Å². The van der Waals surface area contributed by atoms with Crippen molar-refractivity contribution in [2.24, 2.45) is 11.8 Å². The van der Waals surface area contributed by atoms with Gasteiger partial charge in [-0.25, -0.2) is 0 Å². The Balaban J connectivity index is 1.87. The van der Waals surface area contributed by atoms with E-state index in [2.05, 4.69) is 5.32 Å². The standard InChI is InChI=1S/C16H26N2O3/c1-10(2)13-14(19)18(9-12-5-4-8-21-12)16(3,11-6-7-11)15(20)17-13/h10-13H,4-9H2,1-3H3,(H,17,20). The van der Waals surface area contributed by atoms with Gasteiger partial charge in [0.2, 0.25) is 11.8 Å². The molecule has 2 aliphatic heterocycles. The molecule has 0 aromatic rings. The van der Waals surface area contributed by atoms with Crippen LogP contribution in [0.1, 0.15) is 46.5 Å². The first kappa shape index (κ1) is 14.8. The molecule has 1 saturated carbocycles. The second kappa shape index (κ2) is 5.27. The first-order valence-corrected chi connectivity index (χ1v) is 8.18. The van der Waals surface area contributed by atoms with Gasteiger partial charge in [-0.15, -0.1) is 0 Å². The number of ether oxygens (including phenoxy) is 1. The van der Waals surface area contributed by atoms with Crippen LogP contribution in [0.5, 0.6) is 0 Å². The zero-order chi connectivity index (χ0) is 15.2. The highest BCUT2D eigenvalue weighted by Crippen LogP contribution is 2.45. The fourth-order valence-corrected chi connectivity index (χ4v) is 3.64. The van der Waals surface area contributed by atoms with Gasteiger partial charge in [-0.1, -0.05) is 13.8 Å². The molecule has 118 valence electrons. The Hall–Kier alpha value is -1.10. The quantitative estimate of drug-likeness (QED) is 0.850. The highest BCUT2D eigenvalue weighted by atomic mass is 16.5. The lowest BCUT2D eigenvalue weighted by molar-refractivity contribution is -0.161. The van der Waals surface area contributed by atoms with Crippen LogP contribution < -0.4 is 5.32 Å². The fraction of sp³-hybridized carbons (Fsp3) is 0.875. The van der Waals surface area contributed by atoms with Crippen molar-refractivity contribution in [3.63, 3.8) is 0 Å². The van der Waals surface area contributed by atoms with E-state index in [0.717, 1.165) is 32.3 Å². The van der Waals surface area contributed by atoms with E-state index in [-0.39, 0.29) is 23.8 Å². The third-order valence-electron chi connectivity index (χ3n) is 5.29. The monoisotopic (exact) mass is 294 g/mol. The van der Waals surface area contributed by atoms with Crippen LogP contribution in [-0.4, -0.2) is 47.6 Å². The molecule has 0 aromatic carbocycles. The van der Waals surface area contributed by atoms with Crippen molar-refractivity contribution in [2.45, 2.75) is 64.1 Å². The summed E-state index contributed by atoms with van der Waals surface area (Å²) in [6.45, 7) is 7.22. The minimum Gasteiger partial charge on any atom is -0.376 e. The summed E-state index contributed by atoms with van der Waals surface area (Å²) in [6.07, 6.45) is 4.19. The molecule has 21 heavy (non-hydrogen) atoms. The Bertz CT molecular complexity index is 441. The smallest absolute Gasteiger partial charge is 0.246 e. The van der Waals surface area contributed by atoms with Crippen LogP contribution in [0.25, 0.3) is 0 Å². The molecule has 3 atom stereocenters. The van der Waals surface area contributed by atoms with Crippen LogP contribution in [0.4, 0.5) is 0 Å². The second-order valence-corrected chi connectivity index (χ2v) is 7.20. The van der Waals surface area contributed by atoms with Gasteiger partial charge in [0, 0.05) is 13.2 Å². The third-order valence-corrected chi connectivity index (χ3v) is 5.29. The van der Waals surface area contributed by atoms with E-state index in [1.807, 2.05) is 25.7 Å². The Morgan fingerprint density at radius 2 is 2.05 bits per heavy atom. The van der Waals surface area contributed by atoms with E-state index in [0.29, 0.717) is 12.5 Å². The van der Waals surface area contributed by atoms with Gasteiger partial charge in [0.15, 0.2) is 0 Å². The molecule has 3 unspecified atom stereocenters. The predicted octanol–water partition coefficient (Wildman–Crippen LogP) is 1.32. The number of carbonyl (C=O) groups is 2.